The molecule has 0 aliphatic heterocycles. The van der Waals surface area contributed by atoms with E-state index in [1.165, 1.54) is 0 Å². The van der Waals surface area contributed by atoms with E-state index in [0.717, 1.165) is 25.7 Å². The molecule has 0 saturated carbocycles. The van der Waals surface area contributed by atoms with Gasteiger partial charge in [0, 0.05) is 12.3 Å². The third-order valence-electron chi connectivity index (χ3n) is 3.03. The summed E-state index contributed by atoms with van der Waals surface area (Å²) in [5.74, 6) is -0.0345. The summed E-state index contributed by atoms with van der Waals surface area (Å²) in [5.41, 5.74) is 0. The Labute approximate surface area is 127 Å². The highest BCUT2D eigenvalue weighted by atomic mass is 127. The lowest BCUT2D eigenvalue weighted by atomic mass is 9.89. The van der Waals surface area contributed by atoms with Gasteiger partial charge in [-0.05, 0) is 32.3 Å². The van der Waals surface area contributed by atoms with E-state index >= 15 is 0 Å². The van der Waals surface area contributed by atoms with Crippen molar-refractivity contribution in [1.82, 2.24) is 3.53 Å². The second-order valence-electron chi connectivity index (χ2n) is 4.46. The average molecular weight is 381 g/mol. The lowest BCUT2D eigenvalue weighted by Crippen LogP contribution is -2.30. The minimum atomic E-state index is -0.669. The van der Waals surface area contributed by atoms with Gasteiger partial charge >= 0.3 is 6.16 Å². The Morgan fingerprint density at radius 2 is 2.21 bits per heavy atom. The SMILES string of the molecule is CCOC(=O)OC1/C=C/CCCCC1CC(=O)NI. The first-order valence-corrected chi connectivity index (χ1v) is 7.64. The standard InChI is InChI=1S/C13H20INO4/c1-2-18-13(17)19-11-8-6-4-3-5-7-10(11)9-12(16)15-14/h6,8,10-11H,2-5,7,9H2,1H3,(H,15,16)/b8-6+. The molecular formula is C13H20INO4. The van der Waals surface area contributed by atoms with E-state index in [9.17, 15) is 9.59 Å². The molecule has 2 atom stereocenters. The highest BCUT2D eigenvalue weighted by Crippen LogP contribution is 2.24. The Morgan fingerprint density at radius 1 is 1.42 bits per heavy atom. The van der Waals surface area contributed by atoms with Crippen LogP contribution in [0.4, 0.5) is 4.79 Å². The molecule has 0 aromatic carbocycles. The van der Waals surface area contributed by atoms with Crippen molar-refractivity contribution < 1.29 is 19.1 Å². The van der Waals surface area contributed by atoms with Crippen LogP contribution in [0.2, 0.25) is 0 Å². The van der Waals surface area contributed by atoms with Gasteiger partial charge in [0.15, 0.2) is 0 Å². The smallest absolute Gasteiger partial charge is 0.435 e. The van der Waals surface area contributed by atoms with E-state index in [0.29, 0.717) is 6.42 Å². The fourth-order valence-corrected chi connectivity index (χ4v) is 2.33. The number of ether oxygens (including phenoxy) is 2. The van der Waals surface area contributed by atoms with Crippen LogP contribution in [-0.4, -0.2) is 24.8 Å². The normalized spacial score (nSPS) is 24.7. The first-order valence-electron chi connectivity index (χ1n) is 6.57. The summed E-state index contributed by atoms with van der Waals surface area (Å²) in [6.07, 6.45) is 7.19. The van der Waals surface area contributed by atoms with Crippen molar-refractivity contribution in [3.8, 4) is 0 Å². The molecule has 108 valence electrons. The zero-order valence-electron chi connectivity index (χ0n) is 11.1. The summed E-state index contributed by atoms with van der Waals surface area (Å²) < 4.78 is 12.7. The van der Waals surface area contributed by atoms with Crippen molar-refractivity contribution in [2.24, 2.45) is 5.92 Å². The molecule has 0 aromatic rings. The second kappa shape index (κ2) is 9.17. The highest BCUT2D eigenvalue weighted by molar-refractivity contribution is 14.1. The molecule has 1 amide bonds. The van der Waals surface area contributed by atoms with E-state index in [1.807, 2.05) is 35.0 Å². The van der Waals surface area contributed by atoms with Crippen molar-refractivity contribution in [2.75, 3.05) is 6.61 Å². The number of hydrogen-bond acceptors (Lipinski definition) is 4. The summed E-state index contributed by atoms with van der Waals surface area (Å²) in [4.78, 5) is 23.0. The van der Waals surface area contributed by atoms with Crippen molar-refractivity contribution in [2.45, 2.75) is 45.1 Å². The predicted octanol–water partition coefficient (Wildman–Crippen LogP) is 3.13. The van der Waals surface area contributed by atoms with Gasteiger partial charge in [-0.25, -0.2) is 4.79 Å². The number of carbonyl (C=O) groups excluding carboxylic acids is 2. The van der Waals surface area contributed by atoms with Crippen LogP contribution in [0.1, 0.15) is 39.0 Å². The summed E-state index contributed by atoms with van der Waals surface area (Å²) in [5, 5.41) is 0. The van der Waals surface area contributed by atoms with E-state index in [-0.39, 0.29) is 24.5 Å². The number of rotatable bonds is 4. The monoisotopic (exact) mass is 381 g/mol. The number of carbonyl (C=O) groups is 2. The van der Waals surface area contributed by atoms with E-state index in [2.05, 4.69) is 3.53 Å². The molecule has 0 radical (unpaired) electrons. The Bertz CT molecular complexity index is 333. The largest absolute Gasteiger partial charge is 0.508 e. The van der Waals surface area contributed by atoms with Gasteiger partial charge in [-0.1, -0.05) is 12.5 Å². The molecular weight excluding hydrogens is 361 g/mol. The lowest BCUT2D eigenvalue weighted by molar-refractivity contribution is -0.120. The maximum Gasteiger partial charge on any atom is 0.508 e. The van der Waals surface area contributed by atoms with Crippen molar-refractivity contribution in [1.29, 1.82) is 0 Å². The summed E-state index contributed by atoms with van der Waals surface area (Å²) in [6, 6.07) is 0. The van der Waals surface area contributed by atoms with E-state index in [1.54, 1.807) is 6.92 Å². The zero-order chi connectivity index (χ0) is 14.1. The summed E-state index contributed by atoms with van der Waals surface area (Å²) in [7, 11) is 0. The molecule has 5 nitrogen and oxygen atoms in total. The van der Waals surface area contributed by atoms with Gasteiger partial charge in [0.05, 0.1) is 29.5 Å². The number of hydrogen-bond donors (Lipinski definition) is 1. The van der Waals surface area contributed by atoms with Gasteiger partial charge in [0.1, 0.15) is 6.10 Å². The average Bonchev–Trinajstić information content (AvgIpc) is 2.37. The molecule has 0 saturated heterocycles. The van der Waals surface area contributed by atoms with Crippen LogP contribution in [0.5, 0.6) is 0 Å². The molecule has 1 rings (SSSR count). The van der Waals surface area contributed by atoms with Gasteiger partial charge in [-0.3, -0.25) is 8.32 Å². The Balaban J connectivity index is 2.68. The molecule has 1 aliphatic carbocycles. The predicted molar refractivity (Wildman–Crippen MR) is 79.8 cm³/mol. The molecule has 19 heavy (non-hydrogen) atoms. The molecule has 0 fully saturated rings. The molecule has 0 bridgehead atoms. The number of amides is 1. The summed E-state index contributed by atoms with van der Waals surface area (Å²) >= 11 is 1.82. The molecule has 0 aromatic heterocycles. The van der Waals surface area contributed by atoms with Gasteiger partial charge in [-0.15, -0.1) is 0 Å². The highest BCUT2D eigenvalue weighted by Gasteiger charge is 2.26. The minimum Gasteiger partial charge on any atom is -0.435 e. The zero-order valence-corrected chi connectivity index (χ0v) is 13.2. The first kappa shape index (κ1) is 16.3. The van der Waals surface area contributed by atoms with Crippen LogP contribution in [0.15, 0.2) is 12.2 Å². The molecule has 6 heteroatoms. The maximum absolute atomic E-state index is 11.5. The fourth-order valence-electron chi connectivity index (χ4n) is 2.11. The first-order chi connectivity index (χ1) is 9.17. The Morgan fingerprint density at radius 3 is 2.89 bits per heavy atom. The van der Waals surface area contributed by atoms with Gasteiger partial charge < -0.3 is 9.47 Å². The number of halogens is 1. The van der Waals surface area contributed by atoms with E-state index in [4.69, 9.17) is 9.47 Å². The molecule has 1 N–H and O–H groups in total. The molecule has 2 unspecified atom stereocenters. The van der Waals surface area contributed by atoms with Gasteiger partial charge in [0.2, 0.25) is 5.91 Å². The third kappa shape index (κ3) is 6.26. The second-order valence-corrected chi connectivity index (χ2v) is 5.00. The fraction of sp³-hybridized carbons (Fsp3) is 0.692. The van der Waals surface area contributed by atoms with Crippen molar-refractivity contribution >= 4 is 34.9 Å². The topological polar surface area (TPSA) is 64.6 Å². The maximum atomic E-state index is 11.5. The quantitative estimate of drug-likeness (QED) is 0.352. The molecule has 0 heterocycles. The Kier molecular flexibility index (Phi) is 7.85. The van der Waals surface area contributed by atoms with Crippen LogP contribution >= 0.6 is 22.9 Å². The van der Waals surface area contributed by atoms with Crippen LogP contribution in [0.3, 0.4) is 0 Å². The van der Waals surface area contributed by atoms with E-state index < -0.39 is 6.16 Å². The third-order valence-corrected chi connectivity index (χ3v) is 3.64. The van der Waals surface area contributed by atoms with Crippen molar-refractivity contribution in [3.05, 3.63) is 12.2 Å². The number of allylic oxidation sites excluding steroid dienone is 1. The van der Waals surface area contributed by atoms with Crippen LogP contribution in [0, 0.1) is 5.92 Å². The van der Waals surface area contributed by atoms with Crippen molar-refractivity contribution in [3.63, 3.8) is 0 Å². The van der Waals surface area contributed by atoms with Gasteiger partial charge in [-0.2, -0.15) is 0 Å². The summed E-state index contributed by atoms with van der Waals surface area (Å²) in [6.45, 7) is 2.02. The molecule has 0 spiro atoms. The Hall–Kier alpha value is -0.790. The minimum absolute atomic E-state index is 0.00993. The molecule has 1 aliphatic rings. The number of nitrogens with one attached hydrogen (secondary N) is 1. The van der Waals surface area contributed by atoms with Crippen LogP contribution < -0.4 is 3.53 Å². The lowest BCUT2D eigenvalue weighted by Gasteiger charge is -2.25. The van der Waals surface area contributed by atoms with Crippen LogP contribution in [0.25, 0.3) is 0 Å². The van der Waals surface area contributed by atoms with Gasteiger partial charge in [0.25, 0.3) is 0 Å². The van der Waals surface area contributed by atoms with Crippen LogP contribution in [-0.2, 0) is 14.3 Å².